The number of aromatic amines is 1. The third-order valence-electron chi connectivity index (χ3n) is 2.53. The Morgan fingerprint density at radius 1 is 1.26 bits per heavy atom. The number of rotatable bonds is 4. The molecule has 0 amide bonds. The molecule has 0 radical (unpaired) electrons. The van der Waals surface area contributed by atoms with Crippen molar-refractivity contribution in [1.29, 1.82) is 0 Å². The summed E-state index contributed by atoms with van der Waals surface area (Å²) >= 11 is 0.927. The van der Waals surface area contributed by atoms with Gasteiger partial charge in [-0.05, 0) is 5.56 Å². The Morgan fingerprint density at radius 3 is 2.47 bits per heavy atom. The molecule has 1 aromatic heterocycles. The number of benzene rings is 1. The van der Waals surface area contributed by atoms with Crippen LogP contribution in [0.4, 0.5) is 13.2 Å². The summed E-state index contributed by atoms with van der Waals surface area (Å²) in [5.41, 5.74) is 0.591. The van der Waals surface area contributed by atoms with Gasteiger partial charge in [-0.3, -0.25) is 10.1 Å². The van der Waals surface area contributed by atoms with Crippen LogP contribution in [0.1, 0.15) is 17.3 Å². The molecule has 0 aliphatic rings. The predicted octanol–water partition coefficient (Wildman–Crippen LogP) is 2.83. The number of nitrogens with one attached hydrogen (secondary N) is 2. The van der Waals surface area contributed by atoms with Gasteiger partial charge in [-0.1, -0.05) is 41.7 Å². The molecule has 2 N–H and O–H groups in total. The summed E-state index contributed by atoms with van der Waals surface area (Å²) in [6, 6.07) is 5.86. The van der Waals surface area contributed by atoms with E-state index in [2.05, 4.69) is 10.3 Å². The molecule has 0 fully saturated rings. The van der Waals surface area contributed by atoms with Gasteiger partial charge in [-0.15, -0.1) is 0 Å². The highest BCUT2D eigenvalue weighted by Gasteiger charge is 2.40. The van der Waals surface area contributed by atoms with Crippen LogP contribution in [-0.2, 0) is 6.54 Å². The van der Waals surface area contributed by atoms with Crippen LogP contribution in [0.25, 0.3) is 0 Å². The lowest BCUT2D eigenvalue weighted by molar-refractivity contribution is -0.158. The molecule has 0 spiro atoms. The van der Waals surface area contributed by atoms with E-state index >= 15 is 0 Å². The quantitative estimate of drug-likeness (QED) is 0.908. The molecule has 1 heterocycles. The van der Waals surface area contributed by atoms with E-state index in [0.717, 1.165) is 11.3 Å². The highest BCUT2D eigenvalue weighted by atomic mass is 32.1. The summed E-state index contributed by atoms with van der Waals surface area (Å²) in [6.07, 6.45) is -4.39. The van der Waals surface area contributed by atoms with Gasteiger partial charge in [-0.25, -0.2) is 0 Å². The van der Waals surface area contributed by atoms with E-state index in [-0.39, 0.29) is 17.0 Å². The monoisotopic (exact) mass is 288 g/mol. The van der Waals surface area contributed by atoms with Gasteiger partial charge in [0.15, 0.2) is 0 Å². The number of hydrogen-bond donors (Lipinski definition) is 2. The first kappa shape index (κ1) is 13.8. The maximum atomic E-state index is 13.0. The summed E-state index contributed by atoms with van der Waals surface area (Å²) in [6.45, 7) is -0.0438. The van der Waals surface area contributed by atoms with Gasteiger partial charge in [-0.2, -0.15) is 13.2 Å². The number of alkyl halides is 3. The minimum Gasteiger partial charge on any atom is -0.315 e. The molecule has 2 rings (SSSR count). The van der Waals surface area contributed by atoms with Gasteiger partial charge in [0.05, 0.1) is 0 Å². The minimum absolute atomic E-state index is 0.0438. The first-order chi connectivity index (χ1) is 8.97. The van der Waals surface area contributed by atoms with Crippen LogP contribution in [0.3, 0.4) is 0 Å². The van der Waals surface area contributed by atoms with Crippen molar-refractivity contribution >= 4 is 11.3 Å². The van der Waals surface area contributed by atoms with Crippen molar-refractivity contribution in [2.24, 2.45) is 0 Å². The van der Waals surface area contributed by atoms with Gasteiger partial charge in [0, 0.05) is 17.6 Å². The molecule has 2 aromatic rings. The lowest BCUT2D eigenvalue weighted by Crippen LogP contribution is -2.34. The third-order valence-corrected chi connectivity index (χ3v) is 3.25. The molecular weight excluding hydrogens is 277 g/mol. The van der Waals surface area contributed by atoms with Crippen molar-refractivity contribution in [1.82, 2.24) is 10.3 Å². The van der Waals surface area contributed by atoms with Crippen LogP contribution in [0.15, 0.2) is 40.5 Å². The Morgan fingerprint density at radius 2 is 1.95 bits per heavy atom. The van der Waals surface area contributed by atoms with Crippen molar-refractivity contribution in [3.8, 4) is 0 Å². The maximum absolute atomic E-state index is 13.0. The molecule has 1 unspecified atom stereocenters. The van der Waals surface area contributed by atoms with E-state index in [9.17, 15) is 18.0 Å². The Kier molecular flexibility index (Phi) is 4.06. The molecule has 1 atom stereocenters. The normalized spacial score (nSPS) is 13.4. The zero-order valence-corrected chi connectivity index (χ0v) is 10.5. The first-order valence-corrected chi connectivity index (χ1v) is 6.36. The standard InChI is InChI=1S/C12H11F3N2OS/c13-12(14,15)10(8-4-2-1-3-5-8)16-6-9-7-19-11(18)17-9/h1-5,7,10,16H,6H2,(H,17,18). The molecule has 19 heavy (non-hydrogen) atoms. The van der Waals surface area contributed by atoms with Gasteiger partial charge >= 0.3 is 11.0 Å². The number of thiazole rings is 1. The highest BCUT2D eigenvalue weighted by Crippen LogP contribution is 2.32. The molecule has 1 aromatic carbocycles. The van der Waals surface area contributed by atoms with Gasteiger partial charge in [0.1, 0.15) is 6.04 Å². The van der Waals surface area contributed by atoms with Crippen molar-refractivity contribution in [2.45, 2.75) is 18.8 Å². The fourth-order valence-corrected chi connectivity index (χ4v) is 2.26. The second kappa shape index (κ2) is 5.58. The van der Waals surface area contributed by atoms with E-state index in [1.165, 1.54) is 17.5 Å². The van der Waals surface area contributed by atoms with E-state index in [1.54, 1.807) is 18.2 Å². The number of hydrogen-bond acceptors (Lipinski definition) is 3. The van der Waals surface area contributed by atoms with Crippen molar-refractivity contribution in [2.75, 3.05) is 0 Å². The van der Waals surface area contributed by atoms with Gasteiger partial charge in [0.25, 0.3) is 0 Å². The molecular formula is C12H11F3N2OS. The van der Waals surface area contributed by atoms with Crippen LogP contribution in [0.5, 0.6) is 0 Å². The SMILES string of the molecule is O=c1[nH]c(CNC(c2ccccc2)C(F)(F)F)cs1. The summed E-state index contributed by atoms with van der Waals surface area (Å²) in [7, 11) is 0. The summed E-state index contributed by atoms with van der Waals surface area (Å²) in [4.78, 5) is 13.1. The second-order valence-corrected chi connectivity index (χ2v) is 4.78. The minimum atomic E-state index is -4.39. The Bertz CT molecular complexity index is 576. The highest BCUT2D eigenvalue weighted by molar-refractivity contribution is 7.07. The van der Waals surface area contributed by atoms with Crippen molar-refractivity contribution in [3.63, 3.8) is 0 Å². The molecule has 0 aliphatic heterocycles. The lowest BCUT2D eigenvalue weighted by atomic mass is 10.1. The Hall–Kier alpha value is -1.60. The molecule has 7 heteroatoms. The zero-order chi connectivity index (χ0) is 13.9. The molecule has 0 saturated carbocycles. The molecule has 3 nitrogen and oxygen atoms in total. The van der Waals surface area contributed by atoms with Crippen LogP contribution >= 0.6 is 11.3 Å². The average Bonchev–Trinajstić information content (AvgIpc) is 2.75. The molecule has 0 saturated heterocycles. The number of H-pyrrole nitrogens is 1. The van der Waals surface area contributed by atoms with Crippen LogP contribution in [-0.4, -0.2) is 11.2 Å². The van der Waals surface area contributed by atoms with Crippen molar-refractivity contribution < 1.29 is 13.2 Å². The smallest absolute Gasteiger partial charge is 0.315 e. The Balaban J connectivity index is 2.14. The van der Waals surface area contributed by atoms with E-state index in [4.69, 9.17) is 0 Å². The lowest BCUT2D eigenvalue weighted by Gasteiger charge is -2.21. The summed E-state index contributed by atoms with van der Waals surface area (Å²) in [5.74, 6) is 0. The number of aromatic nitrogens is 1. The first-order valence-electron chi connectivity index (χ1n) is 5.48. The van der Waals surface area contributed by atoms with Crippen molar-refractivity contribution in [3.05, 3.63) is 56.6 Å². The van der Waals surface area contributed by atoms with Crippen LogP contribution < -0.4 is 10.2 Å². The fraction of sp³-hybridized carbons (Fsp3) is 0.250. The summed E-state index contributed by atoms with van der Waals surface area (Å²) in [5, 5.41) is 3.92. The largest absolute Gasteiger partial charge is 0.407 e. The van der Waals surface area contributed by atoms with E-state index in [0.29, 0.717) is 5.69 Å². The third kappa shape index (κ3) is 3.68. The molecule has 0 bridgehead atoms. The zero-order valence-electron chi connectivity index (χ0n) is 9.70. The predicted molar refractivity (Wildman–Crippen MR) is 67.0 cm³/mol. The van der Waals surface area contributed by atoms with Crippen LogP contribution in [0.2, 0.25) is 0 Å². The molecule has 102 valence electrons. The maximum Gasteiger partial charge on any atom is 0.407 e. The van der Waals surface area contributed by atoms with Gasteiger partial charge in [0.2, 0.25) is 0 Å². The van der Waals surface area contributed by atoms with E-state index < -0.39 is 12.2 Å². The number of halogens is 3. The topological polar surface area (TPSA) is 44.9 Å². The molecule has 0 aliphatic carbocycles. The van der Waals surface area contributed by atoms with Gasteiger partial charge < -0.3 is 4.98 Å². The average molecular weight is 288 g/mol. The van der Waals surface area contributed by atoms with E-state index in [1.807, 2.05) is 0 Å². The van der Waals surface area contributed by atoms with Crippen LogP contribution in [0, 0.1) is 0 Å². The second-order valence-electron chi connectivity index (χ2n) is 3.94. The summed E-state index contributed by atoms with van der Waals surface area (Å²) < 4.78 is 38.9. The Labute approximate surface area is 111 Å². The fourth-order valence-electron chi connectivity index (χ4n) is 1.68.